The number of nitrogens with zero attached hydrogens (tertiary/aromatic N) is 5. The van der Waals surface area contributed by atoms with Crippen molar-refractivity contribution < 1.29 is 13.5 Å². The van der Waals surface area contributed by atoms with E-state index < -0.39 is 11.6 Å². The molecule has 0 amide bonds. The number of ether oxygens (including phenoxy) is 1. The van der Waals surface area contributed by atoms with Crippen LogP contribution in [0.4, 0.5) is 14.5 Å². The Bertz CT molecular complexity index is 924. The maximum absolute atomic E-state index is 13.6. The van der Waals surface area contributed by atoms with Gasteiger partial charge in [0.25, 0.3) is 0 Å². The van der Waals surface area contributed by atoms with E-state index >= 15 is 0 Å². The average Bonchev–Trinajstić information content (AvgIpc) is 3.42. The minimum atomic E-state index is -0.811. The topological polar surface area (TPSA) is 57.9 Å². The van der Waals surface area contributed by atoms with Crippen molar-refractivity contribution in [3.8, 4) is 0 Å². The van der Waals surface area contributed by atoms with Gasteiger partial charge in [0.05, 0.1) is 19.3 Å². The van der Waals surface area contributed by atoms with E-state index in [9.17, 15) is 8.78 Å². The van der Waals surface area contributed by atoms with Crippen LogP contribution in [0.3, 0.4) is 0 Å². The van der Waals surface area contributed by atoms with Crippen molar-refractivity contribution in [2.75, 3.05) is 50.8 Å². The molecule has 7 nitrogen and oxygen atoms in total. The number of nitrogens with one attached hydrogen (secondary N) is 1. The highest BCUT2D eigenvalue weighted by Crippen LogP contribution is 2.26. The molecule has 2 saturated heterocycles. The first-order chi connectivity index (χ1) is 15.0. The minimum Gasteiger partial charge on any atom is -0.371 e. The van der Waals surface area contributed by atoms with Crippen LogP contribution in [0.25, 0.3) is 0 Å². The Morgan fingerprint density at radius 2 is 2.09 bits per heavy atom. The highest BCUT2D eigenvalue weighted by molar-refractivity contribution is 14.0. The number of guanidine groups is 1. The Balaban J connectivity index is 0.00000289. The van der Waals surface area contributed by atoms with Crippen molar-refractivity contribution in [3.05, 3.63) is 47.8 Å². The van der Waals surface area contributed by atoms with Crippen molar-refractivity contribution in [1.82, 2.24) is 20.0 Å². The van der Waals surface area contributed by atoms with Gasteiger partial charge in [0, 0.05) is 63.3 Å². The highest BCUT2D eigenvalue weighted by atomic mass is 127. The molecule has 2 fully saturated rings. The molecular weight excluding hydrogens is 529 g/mol. The zero-order chi connectivity index (χ0) is 21.8. The first-order valence-electron chi connectivity index (χ1n) is 10.9. The third kappa shape index (κ3) is 5.89. The maximum Gasteiger partial charge on any atom is 0.194 e. The zero-order valence-corrected chi connectivity index (χ0v) is 20.8. The van der Waals surface area contributed by atoms with Gasteiger partial charge in [-0.1, -0.05) is 0 Å². The fraction of sp³-hybridized carbons (Fsp3) is 0.545. The van der Waals surface area contributed by atoms with Gasteiger partial charge in [-0.25, -0.2) is 8.78 Å². The van der Waals surface area contributed by atoms with Crippen molar-refractivity contribution in [2.45, 2.75) is 19.4 Å². The lowest BCUT2D eigenvalue weighted by molar-refractivity contribution is -0.00805. The molecule has 0 saturated carbocycles. The Hall–Kier alpha value is -1.95. The van der Waals surface area contributed by atoms with Gasteiger partial charge in [-0.05, 0) is 31.4 Å². The van der Waals surface area contributed by atoms with Gasteiger partial charge in [-0.3, -0.25) is 9.67 Å². The van der Waals surface area contributed by atoms with E-state index in [1.54, 1.807) is 10.7 Å². The van der Waals surface area contributed by atoms with E-state index in [2.05, 4.69) is 27.1 Å². The summed E-state index contributed by atoms with van der Waals surface area (Å²) in [6.45, 7) is 7.30. The Labute approximate surface area is 204 Å². The monoisotopic (exact) mass is 560 g/mol. The molecular formula is C22H31F2IN6O. The summed E-state index contributed by atoms with van der Waals surface area (Å²) < 4.78 is 34.5. The van der Waals surface area contributed by atoms with Crippen LogP contribution in [0.1, 0.15) is 25.0 Å². The lowest BCUT2D eigenvalue weighted by Gasteiger charge is -2.35. The summed E-state index contributed by atoms with van der Waals surface area (Å²) in [6.07, 6.45) is 4.79. The molecule has 1 aromatic heterocycles. The second-order valence-corrected chi connectivity index (χ2v) is 8.15. The summed E-state index contributed by atoms with van der Waals surface area (Å²) >= 11 is 0. The van der Waals surface area contributed by atoms with Gasteiger partial charge in [0.15, 0.2) is 17.6 Å². The number of benzene rings is 1. The van der Waals surface area contributed by atoms with Crippen molar-refractivity contribution in [2.24, 2.45) is 18.0 Å². The number of morpholine rings is 1. The van der Waals surface area contributed by atoms with Crippen molar-refractivity contribution in [1.29, 1.82) is 0 Å². The van der Waals surface area contributed by atoms with Gasteiger partial charge in [-0.2, -0.15) is 5.10 Å². The zero-order valence-electron chi connectivity index (χ0n) is 18.5. The Kier molecular flexibility index (Phi) is 8.69. The summed E-state index contributed by atoms with van der Waals surface area (Å²) in [5.41, 5.74) is 1.80. The fourth-order valence-corrected chi connectivity index (χ4v) is 4.19. The SMILES string of the molecule is CCNC(=NCC1CCN(c2ccc(F)c(F)c2)C1)N1CCOC(c2cnn(C)c2)C1.I. The number of aromatic nitrogens is 2. The van der Waals surface area contributed by atoms with Crippen LogP contribution in [0.2, 0.25) is 0 Å². The second kappa shape index (κ2) is 11.3. The summed E-state index contributed by atoms with van der Waals surface area (Å²) in [5, 5.41) is 7.66. The molecule has 0 radical (unpaired) electrons. The smallest absolute Gasteiger partial charge is 0.194 e. The molecule has 2 atom stereocenters. The summed E-state index contributed by atoms with van der Waals surface area (Å²) in [5.74, 6) is -0.346. The average molecular weight is 560 g/mol. The minimum absolute atomic E-state index is 0. The molecule has 1 aromatic carbocycles. The summed E-state index contributed by atoms with van der Waals surface area (Å²) in [4.78, 5) is 9.25. The van der Waals surface area contributed by atoms with Gasteiger partial charge < -0.3 is 19.9 Å². The predicted molar refractivity (Wildman–Crippen MR) is 132 cm³/mol. The van der Waals surface area contributed by atoms with E-state index in [4.69, 9.17) is 9.73 Å². The van der Waals surface area contributed by atoms with E-state index in [1.807, 2.05) is 19.4 Å². The maximum atomic E-state index is 13.6. The van der Waals surface area contributed by atoms with Crippen LogP contribution >= 0.6 is 24.0 Å². The summed E-state index contributed by atoms with van der Waals surface area (Å²) in [7, 11) is 1.90. The normalized spacial score (nSPS) is 21.6. The number of anilines is 1. The molecule has 32 heavy (non-hydrogen) atoms. The number of hydrogen-bond donors (Lipinski definition) is 1. The fourth-order valence-electron chi connectivity index (χ4n) is 4.19. The molecule has 2 unspecified atom stereocenters. The molecule has 2 aliphatic heterocycles. The van der Waals surface area contributed by atoms with Crippen LogP contribution < -0.4 is 10.2 Å². The van der Waals surface area contributed by atoms with E-state index in [0.29, 0.717) is 19.1 Å². The Morgan fingerprint density at radius 3 is 2.81 bits per heavy atom. The molecule has 0 aliphatic carbocycles. The lowest BCUT2D eigenvalue weighted by Crippen LogP contribution is -2.48. The largest absolute Gasteiger partial charge is 0.371 e. The van der Waals surface area contributed by atoms with Crippen LogP contribution in [0.5, 0.6) is 0 Å². The van der Waals surface area contributed by atoms with E-state index in [0.717, 1.165) is 56.4 Å². The molecule has 0 spiro atoms. The molecule has 1 N–H and O–H groups in total. The van der Waals surface area contributed by atoms with E-state index in [1.165, 1.54) is 12.1 Å². The third-order valence-electron chi connectivity index (χ3n) is 5.85. The first kappa shape index (κ1) is 24.7. The number of halogens is 3. The van der Waals surface area contributed by atoms with Crippen molar-refractivity contribution in [3.63, 3.8) is 0 Å². The van der Waals surface area contributed by atoms with Crippen LogP contribution in [-0.2, 0) is 11.8 Å². The first-order valence-corrected chi connectivity index (χ1v) is 10.9. The number of aliphatic imine (C=N–C) groups is 1. The molecule has 2 aliphatic rings. The van der Waals surface area contributed by atoms with Gasteiger partial charge in [-0.15, -0.1) is 24.0 Å². The predicted octanol–water partition coefficient (Wildman–Crippen LogP) is 3.18. The van der Waals surface area contributed by atoms with Crippen LogP contribution in [0.15, 0.2) is 35.6 Å². The summed E-state index contributed by atoms with van der Waals surface area (Å²) in [6, 6.07) is 4.11. The molecule has 176 valence electrons. The lowest BCUT2D eigenvalue weighted by atomic mass is 10.1. The van der Waals surface area contributed by atoms with Gasteiger partial charge in [0.2, 0.25) is 0 Å². The van der Waals surface area contributed by atoms with Crippen molar-refractivity contribution >= 4 is 35.6 Å². The van der Waals surface area contributed by atoms with Crippen LogP contribution in [0, 0.1) is 17.6 Å². The highest BCUT2D eigenvalue weighted by Gasteiger charge is 2.27. The van der Waals surface area contributed by atoms with Gasteiger partial charge >= 0.3 is 0 Å². The number of rotatable bonds is 5. The molecule has 0 bridgehead atoms. The Morgan fingerprint density at radius 1 is 1.25 bits per heavy atom. The standard InChI is InChI=1S/C22H30F2N6O.HI/c1-3-25-22(30-8-9-31-21(15-30)17-12-27-28(2)14-17)26-11-16-6-7-29(13-16)18-4-5-19(23)20(24)10-18;/h4-5,10,12,14,16,21H,3,6-9,11,13,15H2,1-2H3,(H,25,26);1H. The molecule has 3 heterocycles. The quantitative estimate of drug-likeness (QED) is 0.346. The number of hydrogen-bond acceptors (Lipinski definition) is 4. The van der Waals surface area contributed by atoms with Crippen LogP contribution in [-0.4, -0.2) is 66.5 Å². The molecule has 2 aromatic rings. The third-order valence-corrected chi connectivity index (χ3v) is 5.85. The second-order valence-electron chi connectivity index (χ2n) is 8.15. The molecule has 10 heteroatoms. The van der Waals surface area contributed by atoms with Gasteiger partial charge in [0.1, 0.15) is 6.10 Å². The van der Waals surface area contributed by atoms with E-state index in [-0.39, 0.29) is 30.1 Å². The molecule has 4 rings (SSSR count). The number of aryl methyl sites for hydroxylation is 1.